The molecule has 2 amide bonds. The van der Waals surface area contributed by atoms with Crippen LogP contribution in [0.2, 0.25) is 0 Å². The van der Waals surface area contributed by atoms with Gasteiger partial charge in [-0.05, 0) is 42.8 Å². The number of nitrogens with zero attached hydrogens (tertiary/aromatic N) is 2. The van der Waals surface area contributed by atoms with Crippen molar-refractivity contribution in [3.8, 4) is 6.07 Å². The van der Waals surface area contributed by atoms with Crippen molar-refractivity contribution in [2.24, 2.45) is 0 Å². The van der Waals surface area contributed by atoms with Gasteiger partial charge in [0.1, 0.15) is 0 Å². The Hall–Kier alpha value is -4.71. The third-order valence-electron chi connectivity index (χ3n) is 4.74. The van der Waals surface area contributed by atoms with E-state index in [9.17, 15) is 9.59 Å². The monoisotopic (exact) mass is 428 g/mol. The molecule has 0 spiro atoms. The second-order valence-corrected chi connectivity index (χ2v) is 6.92. The van der Waals surface area contributed by atoms with Crippen molar-refractivity contribution in [2.45, 2.75) is 6.92 Å². The van der Waals surface area contributed by atoms with Gasteiger partial charge in [0.05, 0.1) is 28.4 Å². The lowest BCUT2D eigenvalue weighted by Crippen LogP contribution is -2.48. The van der Waals surface area contributed by atoms with Gasteiger partial charge in [0.15, 0.2) is 5.82 Å². The van der Waals surface area contributed by atoms with Crippen molar-refractivity contribution in [2.75, 3.05) is 23.4 Å². The molecular formula is C23H22N7O2+. The molecule has 2 aromatic carbocycles. The first-order valence-electron chi connectivity index (χ1n) is 9.62. The first-order valence-corrected chi connectivity index (χ1v) is 9.62. The zero-order valence-electron chi connectivity index (χ0n) is 17.6. The van der Waals surface area contributed by atoms with E-state index >= 15 is 0 Å². The average molecular weight is 428 g/mol. The van der Waals surface area contributed by atoms with Gasteiger partial charge >= 0.3 is 5.91 Å². The third kappa shape index (κ3) is 4.71. The van der Waals surface area contributed by atoms with Gasteiger partial charge in [0.2, 0.25) is 0 Å². The van der Waals surface area contributed by atoms with E-state index in [0.717, 1.165) is 11.3 Å². The number of anilines is 4. The topological polar surface area (TPSA) is 159 Å². The van der Waals surface area contributed by atoms with Gasteiger partial charge in [0, 0.05) is 24.6 Å². The highest BCUT2D eigenvalue weighted by atomic mass is 16.2. The summed E-state index contributed by atoms with van der Waals surface area (Å²) in [5, 5.41) is 23.5. The van der Waals surface area contributed by atoms with E-state index in [0.29, 0.717) is 11.4 Å². The Bertz CT molecular complexity index is 1260. The molecule has 0 saturated heterocycles. The van der Waals surface area contributed by atoms with Crippen LogP contribution in [0.1, 0.15) is 27.0 Å². The smallest absolute Gasteiger partial charge is 0.320 e. The number of amides is 2. The maximum Gasteiger partial charge on any atom is 0.320 e. The van der Waals surface area contributed by atoms with E-state index in [2.05, 4.69) is 20.9 Å². The molecule has 1 aromatic heterocycles. The van der Waals surface area contributed by atoms with Crippen LogP contribution in [0, 0.1) is 18.3 Å². The summed E-state index contributed by atoms with van der Waals surface area (Å²) >= 11 is 0. The summed E-state index contributed by atoms with van der Waals surface area (Å²) in [5.41, 5.74) is 8.83. The average Bonchev–Trinajstić information content (AvgIpc) is 2.80. The molecule has 3 rings (SSSR count). The van der Waals surface area contributed by atoms with Gasteiger partial charge in [0.25, 0.3) is 11.6 Å². The first kappa shape index (κ1) is 22.0. The van der Waals surface area contributed by atoms with Gasteiger partial charge in [-0.2, -0.15) is 5.26 Å². The maximum absolute atomic E-state index is 12.9. The lowest BCUT2D eigenvalue weighted by Gasteiger charge is -2.14. The molecule has 0 aliphatic heterocycles. The molecule has 0 atom stereocenters. The number of pyridine rings is 1. The van der Waals surface area contributed by atoms with Crippen LogP contribution in [0.4, 0.5) is 22.9 Å². The van der Waals surface area contributed by atoms with Crippen LogP contribution in [0.3, 0.4) is 0 Å². The van der Waals surface area contributed by atoms with Gasteiger partial charge in [-0.3, -0.25) is 9.59 Å². The standard InChI is InChI=1S/C23H21N7O2/c1-13-5-3-4-6-18(13)29-21-19(10-15(12-28-21)22(31)27-2)30-23(32)20(26)16-9-14(11-24)7-8-17(16)25/h3-10,12,26H,25H2,1-2H3,(H,27,31)(H,28,29)(H,30,32)/p+1. The van der Waals surface area contributed by atoms with Crippen molar-refractivity contribution in [3.05, 3.63) is 77.0 Å². The number of nitrogens with one attached hydrogen (secondary N) is 3. The predicted octanol–water partition coefficient (Wildman–Crippen LogP) is 1.13. The molecule has 32 heavy (non-hydrogen) atoms. The SMILES string of the molecule is CNC(=O)c1cnc(Nc2ccccc2C)c(NC(=O)C(=[NH2+])c2cc(C#N)ccc2N)c1. The number of hydrogen-bond donors (Lipinski definition) is 5. The van der Waals surface area contributed by atoms with Crippen LogP contribution < -0.4 is 27.1 Å². The summed E-state index contributed by atoms with van der Waals surface area (Å²) in [6.45, 7) is 1.93. The molecule has 3 aromatic rings. The number of benzene rings is 2. The summed E-state index contributed by atoms with van der Waals surface area (Å²) in [4.78, 5) is 29.3. The van der Waals surface area contributed by atoms with Gasteiger partial charge in [-0.15, -0.1) is 0 Å². The van der Waals surface area contributed by atoms with Crippen molar-refractivity contribution in [1.82, 2.24) is 10.3 Å². The highest BCUT2D eigenvalue weighted by molar-refractivity contribution is 6.47. The van der Waals surface area contributed by atoms with E-state index < -0.39 is 5.91 Å². The van der Waals surface area contributed by atoms with Crippen molar-refractivity contribution in [1.29, 1.82) is 5.26 Å². The largest absolute Gasteiger partial charge is 0.398 e. The number of carbonyl (C=O) groups is 2. The Balaban J connectivity index is 1.96. The molecule has 0 aliphatic rings. The molecule has 0 fully saturated rings. The molecule has 160 valence electrons. The summed E-state index contributed by atoms with van der Waals surface area (Å²) in [6, 6.07) is 15.5. The molecule has 9 heteroatoms. The molecule has 7 N–H and O–H groups in total. The molecule has 0 aliphatic carbocycles. The van der Waals surface area contributed by atoms with Gasteiger partial charge < -0.3 is 21.7 Å². The molecule has 0 saturated carbocycles. The Morgan fingerprint density at radius 3 is 2.56 bits per heavy atom. The lowest BCUT2D eigenvalue weighted by molar-refractivity contribution is -0.132. The van der Waals surface area contributed by atoms with Crippen molar-refractivity contribution in [3.63, 3.8) is 0 Å². The zero-order chi connectivity index (χ0) is 23.3. The normalized spacial score (nSPS) is 10.0. The number of nitrogens with two attached hydrogens (primary N) is 2. The second-order valence-electron chi connectivity index (χ2n) is 6.92. The van der Waals surface area contributed by atoms with E-state index in [1.807, 2.05) is 37.3 Å². The number of nitriles is 1. The van der Waals surface area contributed by atoms with Crippen LogP contribution >= 0.6 is 0 Å². The Kier molecular flexibility index (Phi) is 6.46. The van der Waals surface area contributed by atoms with Crippen molar-refractivity contribution < 1.29 is 15.0 Å². The summed E-state index contributed by atoms with van der Waals surface area (Å²) < 4.78 is 0. The molecule has 1 heterocycles. The minimum absolute atomic E-state index is 0.174. The number of para-hydroxylation sites is 1. The van der Waals surface area contributed by atoms with Gasteiger partial charge in [-0.25, -0.2) is 10.4 Å². The summed E-state index contributed by atoms with van der Waals surface area (Å²) in [5.74, 6) is -0.694. The highest BCUT2D eigenvalue weighted by Crippen LogP contribution is 2.26. The Labute approximate surface area is 184 Å². The van der Waals surface area contributed by atoms with E-state index in [-0.39, 0.29) is 34.1 Å². The van der Waals surface area contributed by atoms with E-state index in [1.165, 1.54) is 37.5 Å². The van der Waals surface area contributed by atoms with Crippen LogP contribution in [-0.2, 0) is 4.79 Å². The van der Waals surface area contributed by atoms with Crippen LogP contribution in [-0.4, -0.2) is 29.6 Å². The lowest BCUT2D eigenvalue weighted by atomic mass is 10.0. The number of aryl methyl sites for hydroxylation is 1. The Morgan fingerprint density at radius 2 is 1.88 bits per heavy atom. The quantitative estimate of drug-likeness (QED) is 0.292. The fourth-order valence-electron chi connectivity index (χ4n) is 2.94. The highest BCUT2D eigenvalue weighted by Gasteiger charge is 2.23. The van der Waals surface area contributed by atoms with Crippen molar-refractivity contribution >= 4 is 40.4 Å². The van der Waals surface area contributed by atoms with Crippen LogP contribution in [0.15, 0.2) is 54.7 Å². The molecule has 0 radical (unpaired) electrons. The minimum atomic E-state index is -0.657. The maximum atomic E-state index is 12.9. The zero-order valence-corrected chi connectivity index (χ0v) is 17.6. The summed E-state index contributed by atoms with van der Waals surface area (Å²) in [7, 11) is 1.50. The fraction of sp³-hybridized carbons (Fsp3) is 0.0870. The van der Waals surface area contributed by atoms with Crippen LogP contribution in [0.25, 0.3) is 0 Å². The number of aromatic nitrogens is 1. The minimum Gasteiger partial charge on any atom is -0.398 e. The molecule has 0 unspecified atom stereocenters. The Morgan fingerprint density at radius 1 is 1.12 bits per heavy atom. The number of hydrogen-bond acceptors (Lipinski definition) is 6. The molecule has 9 nitrogen and oxygen atoms in total. The second kappa shape index (κ2) is 9.40. The fourth-order valence-corrected chi connectivity index (χ4v) is 2.94. The number of rotatable bonds is 6. The molecular weight excluding hydrogens is 406 g/mol. The van der Waals surface area contributed by atoms with E-state index in [4.69, 9.17) is 16.4 Å². The molecule has 0 bridgehead atoms. The number of nitrogen functional groups attached to an aromatic ring is 1. The van der Waals surface area contributed by atoms with Gasteiger partial charge in [-0.1, -0.05) is 18.2 Å². The third-order valence-corrected chi connectivity index (χ3v) is 4.74. The number of carbonyl (C=O) groups excluding carboxylic acids is 2. The predicted molar refractivity (Wildman–Crippen MR) is 122 cm³/mol. The van der Waals surface area contributed by atoms with Crippen LogP contribution in [0.5, 0.6) is 0 Å². The summed E-state index contributed by atoms with van der Waals surface area (Å²) in [6.07, 6.45) is 1.40. The first-order chi connectivity index (χ1) is 15.3. The van der Waals surface area contributed by atoms with E-state index in [1.54, 1.807) is 0 Å².